The van der Waals surface area contributed by atoms with Crippen LogP contribution in [0, 0.1) is 6.92 Å². The number of nitrogens with zero attached hydrogens (tertiary/aromatic N) is 3. The maximum absolute atomic E-state index is 12.4. The standard InChI is InChI=1S/C17H25N3O/c1-6-7-10-19(5)17(21)14-8-9-16-15(11-14)18-13(4)20(16)12(2)3/h8-9,11-12H,6-7,10H2,1-5H3. The van der Waals surface area contributed by atoms with E-state index in [2.05, 4.69) is 30.3 Å². The largest absolute Gasteiger partial charge is 0.342 e. The fourth-order valence-corrected chi connectivity index (χ4v) is 2.72. The molecule has 0 saturated heterocycles. The quantitative estimate of drug-likeness (QED) is 0.839. The minimum Gasteiger partial charge on any atom is -0.342 e. The molecule has 0 saturated carbocycles. The highest BCUT2D eigenvalue weighted by Gasteiger charge is 2.15. The third kappa shape index (κ3) is 3.09. The predicted octanol–water partition coefficient (Wildman–Crippen LogP) is 3.80. The molecule has 0 aliphatic carbocycles. The highest BCUT2D eigenvalue weighted by molar-refractivity contribution is 5.97. The van der Waals surface area contributed by atoms with Crippen molar-refractivity contribution in [2.45, 2.75) is 46.6 Å². The normalized spacial score (nSPS) is 11.3. The Kier molecular flexibility index (Phi) is 4.66. The Morgan fingerprint density at radius 3 is 2.71 bits per heavy atom. The van der Waals surface area contributed by atoms with Crippen LogP contribution in [0.5, 0.6) is 0 Å². The van der Waals surface area contributed by atoms with Crippen molar-refractivity contribution in [2.75, 3.05) is 13.6 Å². The molecule has 2 aromatic rings. The van der Waals surface area contributed by atoms with Gasteiger partial charge in [-0.05, 0) is 45.4 Å². The number of benzene rings is 1. The van der Waals surface area contributed by atoms with Crippen molar-refractivity contribution >= 4 is 16.9 Å². The SMILES string of the molecule is CCCCN(C)C(=O)c1ccc2c(c1)nc(C)n2C(C)C. The van der Waals surface area contributed by atoms with E-state index in [0.29, 0.717) is 6.04 Å². The Labute approximate surface area is 126 Å². The van der Waals surface area contributed by atoms with Gasteiger partial charge in [-0.25, -0.2) is 4.98 Å². The summed E-state index contributed by atoms with van der Waals surface area (Å²) in [7, 11) is 1.86. The summed E-state index contributed by atoms with van der Waals surface area (Å²) in [5, 5.41) is 0. The lowest BCUT2D eigenvalue weighted by molar-refractivity contribution is 0.0793. The highest BCUT2D eigenvalue weighted by Crippen LogP contribution is 2.22. The Morgan fingerprint density at radius 1 is 1.38 bits per heavy atom. The smallest absolute Gasteiger partial charge is 0.253 e. The van der Waals surface area contributed by atoms with Crippen LogP contribution in [0.1, 0.15) is 55.8 Å². The molecule has 114 valence electrons. The summed E-state index contributed by atoms with van der Waals surface area (Å²) in [5.41, 5.74) is 2.71. The molecular weight excluding hydrogens is 262 g/mol. The van der Waals surface area contributed by atoms with Crippen LogP contribution in [0.25, 0.3) is 11.0 Å². The lowest BCUT2D eigenvalue weighted by Crippen LogP contribution is -2.27. The van der Waals surface area contributed by atoms with Crippen LogP contribution in [-0.4, -0.2) is 34.0 Å². The first kappa shape index (κ1) is 15.5. The van der Waals surface area contributed by atoms with Crippen LogP contribution in [0.4, 0.5) is 0 Å². The molecule has 0 aliphatic rings. The fraction of sp³-hybridized carbons (Fsp3) is 0.529. The van der Waals surface area contributed by atoms with Crippen LogP contribution < -0.4 is 0 Å². The number of imidazole rings is 1. The van der Waals surface area contributed by atoms with E-state index in [-0.39, 0.29) is 5.91 Å². The average Bonchev–Trinajstić information content (AvgIpc) is 2.78. The van der Waals surface area contributed by atoms with Gasteiger partial charge in [0.05, 0.1) is 11.0 Å². The number of hydrogen-bond donors (Lipinski definition) is 0. The molecule has 0 unspecified atom stereocenters. The zero-order valence-electron chi connectivity index (χ0n) is 13.7. The molecule has 21 heavy (non-hydrogen) atoms. The van der Waals surface area contributed by atoms with E-state index in [1.54, 1.807) is 4.90 Å². The number of aromatic nitrogens is 2. The molecule has 1 aromatic heterocycles. The third-order valence-corrected chi connectivity index (χ3v) is 3.82. The highest BCUT2D eigenvalue weighted by atomic mass is 16.2. The lowest BCUT2D eigenvalue weighted by Gasteiger charge is -2.17. The molecule has 2 rings (SSSR count). The van der Waals surface area contributed by atoms with Crippen molar-refractivity contribution in [1.29, 1.82) is 0 Å². The molecule has 0 fully saturated rings. The summed E-state index contributed by atoms with van der Waals surface area (Å²) in [5.74, 6) is 1.06. The number of carbonyl (C=O) groups excluding carboxylic acids is 1. The van der Waals surface area contributed by atoms with E-state index >= 15 is 0 Å². The minimum absolute atomic E-state index is 0.0714. The van der Waals surface area contributed by atoms with E-state index in [1.807, 2.05) is 32.2 Å². The molecule has 0 N–H and O–H groups in total. The molecule has 1 heterocycles. The van der Waals surface area contributed by atoms with Gasteiger partial charge in [-0.15, -0.1) is 0 Å². The van der Waals surface area contributed by atoms with Gasteiger partial charge in [0, 0.05) is 25.2 Å². The first-order valence-corrected chi connectivity index (χ1v) is 7.69. The molecule has 1 amide bonds. The number of hydrogen-bond acceptors (Lipinski definition) is 2. The molecule has 4 heteroatoms. The molecule has 0 atom stereocenters. The second-order valence-corrected chi connectivity index (χ2v) is 5.91. The molecule has 0 radical (unpaired) electrons. The molecule has 0 spiro atoms. The molecule has 1 aromatic carbocycles. The Bertz CT molecular complexity index is 643. The van der Waals surface area contributed by atoms with Gasteiger partial charge in [0.15, 0.2) is 0 Å². The summed E-state index contributed by atoms with van der Waals surface area (Å²) < 4.78 is 2.20. The molecule has 4 nitrogen and oxygen atoms in total. The van der Waals surface area contributed by atoms with E-state index in [1.165, 1.54) is 0 Å². The van der Waals surface area contributed by atoms with E-state index in [0.717, 1.165) is 41.8 Å². The van der Waals surface area contributed by atoms with Gasteiger partial charge >= 0.3 is 0 Å². The first-order chi connectivity index (χ1) is 9.95. The van der Waals surface area contributed by atoms with Gasteiger partial charge < -0.3 is 9.47 Å². The summed E-state index contributed by atoms with van der Waals surface area (Å²) in [4.78, 5) is 18.8. The van der Waals surface area contributed by atoms with Gasteiger partial charge in [-0.1, -0.05) is 13.3 Å². The van der Waals surface area contributed by atoms with Gasteiger partial charge in [0.25, 0.3) is 5.91 Å². The van der Waals surface area contributed by atoms with Crippen LogP contribution in [0.2, 0.25) is 0 Å². The average molecular weight is 287 g/mol. The summed E-state index contributed by atoms with van der Waals surface area (Å²) >= 11 is 0. The number of amides is 1. The van der Waals surface area contributed by atoms with E-state index in [4.69, 9.17) is 0 Å². The zero-order valence-corrected chi connectivity index (χ0v) is 13.7. The summed E-state index contributed by atoms with van der Waals surface area (Å²) in [6, 6.07) is 6.19. The Morgan fingerprint density at radius 2 is 2.10 bits per heavy atom. The van der Waals surface area contributed by atoms with Gasteiger partial charge in [0.1, 0.15) is 5.82 Å². The van der Waals surface area contributed by atoms with Crippen molar-refractivity contribution in [3.63, 3.8) is 0 Å². The van der Waals surface area contributed by atoms with Crippen molar-refractivity contribution < 1.29 is 4.79 Å². The molecule has 0 aliphatic heterocycles. The fourth-order valence-electron chi connectivity index (χ4n) is 2.72. The van der Waals surface area contributed by atoms with Gasteiger partial charge in [-0.2, -0.15) is 0 Å². The molecule has 0 bridgehead atoms. The Balaban J connectivity index is 2.33. The zero-order chi connectivity index (χ0) is 15.6. The van der Waals surface area contributed by atoms with E-state index < -0.39 is 0 Å². The topological polar surface area (TPSA) is 38.1 Å². The second-order valence-electron chi connectivity index (χ2n) is 5.91. The minimum atomic E-state index is 0.0714. The van der Waals surface area contributed by atoms with Gasteiger partial charge in [0.2, 0.25) is 0 Å². The van der Waals surface area contributed by atoms with Crippen molar-refractivity contribution in [3.8, 4) is 0 Å². The monoisotopic (exact) mass is 287 g/mol. The maximum Gasteiger partial charge on any atom is 0.253 e. The Hall–Kier alpha value is -1.84. The number of aryl methyl sites for hydroxylation is 1. The third-order valence-electron chi connectivity index (χ3n) is 3.82. The number of carbonyl (C=O) groups is 1. The van der Waals surface area contributed by atoms with Crippen molar-refractivity contribution in [2.24, 2.45) is 0 Å². The predicted molar refractivity (Wildman–Crippen MR) is 86.7 cm³/mol. The van der Waals surface area contributed by atoms with E-state index in [9.17, 15) is 4.79 Å². The lowest BCUT2D eigenvalue weighted by atomic mass is 10.1. The molecular formula is C17H25N3O. The van der Waals surface area contributed by atoms with Crippen molar-refractivity contribution in [1.82, 2.24) is 14.5 Å². The summed E-state index contributed by atoms with van der Waals surface area (Å²) in [6.45, 7) is 9.23. The second kappa shape index (κ2) is 6.29. The van der Waals surface area contributed by atoms with Gasteiger partial charge in [-0.3, -0.25) is 4.79 Å². The number of fused-ring (bicyclic) bond motifs is 1. The van der Waals surface area contributed by atoms with Crippen LogP contribution in [0.15, 0.2) is 18.2 Å². The number of unbranched alkanes of at least 4 members (excludes halogenated alkanes) is 1. The maximum atomic E-state index is 12.4. The summed E-state index contributed by atoms with van der Waals surface area (Å²) in [6.07, 6.45) is 2.13. The van der Waals surface area contributed by atoms with Crippen LogP contribution >= 0.6 is 0 Å². The van der Waals surface area contributed by atoms with Crippen LogP contribution in [-0.2, 0) is 0 Å². The van der Waals surface area contributed by atoms with Crippen molar-refractivity contribution in [3.05, 3.63) is 29.6 Å². The van der Waals surface area contributed by atoms with Crippen LogP contribution in [0.3, 0.4) is 0 Å². The first-order valence-electron chi connectivity index (χ1n) is 7.69. The number of rotatable bonds is 5.